The van der Waals surface area contributed by atoms with Crippen molar-refractivity contribution in [3.8, 4) is 0 Å². The van der Waals surface area contributed by atoms with E-state index in [2.05, 4.69) is 53.1 Å². The number of hydrogen-bond acceptors (Lipinski definition) is 4. The number of fused-ring (bicyclic) bond motifs is 1. The summed E-state index contributed by atoms with van der Waals surface area (Å²) in [6, 6.07) is 6.80. The zero-order valence-corrected chi connectivity index (χ0v) is 12.6. The highest BCUT2D eigenvalue weighted by Crippen LogP contribution is 2.23. The van der Waals surface area contributed by atoms with E-state index in [1.807, 2.05) is 17.5 Å². The van der Waals surface area contributed by atoms with Crippen molar-refractivity contribution < 1.29 is 0 Å². The Morgan fingerprint density at radius 2 is 2.11 bits per heavy atom. The molecule has 0 saturated heterocycles. The first-order chi connectivity index (χ1) is 9.24. The maximum atomic E-state index is 4.50. The van der Waals surface area contributed by atoms with E-state index >= 15 is 0 Å². The van der Waals surface area contributed by atoms with Gasteiger partial charge in [0.25, 0.3) is 0 Å². The van der Waals surface area contributed by atoms with Gasteiger partial charge in [0.1, 0.15) is 0 Å². The average molecular weight is 288 g/mol. The number of nitrogens with one attached hydrogen (secondary N) is 1. The van der Waals surface area contributed by atoms with Crippen LogP contribution in [0.25, 0.3) is 10.2 Å². The number of nitrogens with zero attached hydrogens (tertiary/aromatic N) is 1. The predicted octanol–water partition coefficient (Wildman–Crippen LogP) is 4.52. The molecule has 0 aliphatic heterocycles. The molecule has 1 atom stereocenters. The van der Waals surface area contributed by atoms with E-state index in [1.165, 1.54) is 20.7 Å². The molecule has 0 radical (unpaired) electrons. The van der Waals surface area contributed by atoms with Crippen molar-refractivity contribution in [3.05, 3.63) is 51.2 Å². The molecule has 19 heavy (non-hydrogen) atoms. The van der Waals surface area contributed by atoms with Crippen LogP contribution < -0.4 is 5.32 Å². The van der Waals surface area contributed by atoms with Gasteiger partial charge in [-0.05, 0) is 53.9 Å². The molecule has 1 N–H and O–H groups in total. The topological polar surface area (TPSA) is 24.9 Å². The second kappa shape index (κ2) is 5.41. The summed E-state index contributed by atoms with van der Waals surface area (Å²) in [6.07, 6.45) is 1.98. The van der Waals surface area contributed by atoms with Crippen molar-refractivity contribution in [3.63, 3.8) is 0 Å². The van der Waals surface area contributed by atoms with Crippen molar-refractivity contribution in [1.82, 2.24) is 10.3 Å². The van der Waals surface area contributed by atoms with Crippen LogP contribution in [0.5, 0.6) is 0 Å². The third-order valence-corrected chi connectivity index (χ3v) is 5.24. The lowest BCUT2D eigenvalue weighted by atomic mass is 10.1. The SMILES string of the molecule is Cc1ccsc1CNC(C)c1cnc2ccsc2c1. The molecule has 0 aliphatic rings. The fourth-order valence-corrected chi connectivity index (χ4v) is 3.69. The van der Waals surface area contributed by atoms with E-state index in [-0.39, 0.29) is 0 Å². The first-order valence-electron chi connectivity index (χ1n) is 6.33. The van der Waals surface area contributed by atoms with Crippen molar-refractivity contribution in [1.29, 1.82) is 0 Å². The molecule has 1 unspecified atom stereocenters. The van der Waals surface area contributed by atoms with Gasteiger partial charge in [0.05, 0.1) is 10.2 Å². The Labute approximate surface area is 121 Å². The van der Waals surface area contributed by atoms with E-state index in [0.29, 0.717) is 6.04 Å². The molecule has 0 saturated carbocycles. The van der Waals surface area contributed by atoms with Gasteiger partial charge < -0.3 is 5.32 Å². The second-order valence-corrected chi connectivity index (χ2v) is 6.65. The molecule has 2 nitrogen and oxygen atoms in total. The van der Waals surface area contributed by atoms with Gasteiger partial charge in [-0.25, -0.2) is 0 Å². The molecule has 0 spiro atoms. The molecule has 0 bridgehead atoms. The summed E-state index contributed by atoms with van der Waals surface area (Å²) in [5, 5.41) is 7.81. The van der Waals surface area contributed by atoms with Gasteiger partial charge >= 0.3 is 0 Å². The Morgan fingerprint density at radius 3 is 2.89 bits per heavy atom. The van der Waals surface area contributed by atoms with Gasteiger partial charge in [-0.2, -0.15) is 0 Å². The fourth-order valence-electron chi connectivity index (χ4n) is 2.05. The third-order valence-electron chi connectivity index (χ3n) is 3.36. The normalized spacial score (nSPS) is 12.9. The van der Waals surface area contributed by atoms with E-state index in [9.17, 15) is 0 Å². The largest absolute Gasteiger partial charge is 0.305 e. The highest BCUT2D eigenvalue weighted by molar-refractivity contribution is 7.17. The number of aromatic nitrogens is 1. The van der Waals surface area contributed by atoms with Crippen LogP contribution in [0.15, 0.2) is 35.2 Å². The molecule has 0 amide bonds. The Bertz CT molecular complexity index is 684. The molecule has 3 heterocycles. The number of aryl methyl sites for hydroxylation is 1. The zero-order chi connectivity index (χ0) is 13.2. The van der Waals surface area contributed by atoms with E-state index in [0.717, 1.165) is 12.1 Å². The van der Waals surface area contributed by atoms with Crippen LogP contribution in [0.4, 0.5) is 0 Å². The van der Waals surface area contributed by atoms with Crippen LogP contribution in [-0.2, 0) is 6.54 Å². The van der Waals surface area contributed by atoms with E-state index < -0.39 is 0 Å². The van der Waals surface area contributed by atoms with Crippen LogP contribution in [0, 0.1) is 6.92 Å². The highest BCUT2D eigenvalue weighted by atomic mass is 32.1. The average Bonchev–Trinajstić information content (AvgIpc) is 3.03. The first kappa shape index (κ1) is 12.8. The van der Waals surface area contributed by atoms with Gasteiger partial charge in [0.15, 0.2) is 0 Å². The van der Waals surface area contributed by atoms with Gasteiger partial charge in [-0.1, -0.05) is 0 Å². The van der Waals surface area contributed by atoms with Gasteiger partial charge in [0, 0.05) is 23.7 Å². The Morgan fingerprint density at radius 1 is 1.26 bits per heavy atom. The standard InChI is InChI=1S/C15H16N2S2/c1-10-3-5-19-15(10)9-16-11(2)12-7-14-13(17-8-12)4-6-18-14/h3-8,11,16H,9H2,1-2H3. The molecule has 3 aromatic rings. The lowest BCUT2D eigenvalue weighted by molar-refractivity contribution is 0.577. The molecule has 0 aromatic carbocycles. The van der Waals surface area contributed by atoms with E-state index in [1.54, 1.807) is 11.3 Å². The second-order valence-electron chi connectivity index (χ2n) is 4.70. The molecule has 98 valence electrons. The lowest BCUT2D eigenvalue weighted by Crippen LogP contribution is -2.18. The maximum Gasteiger partial charge on any atom is 0.0809 e. The summed E-state index contributed by atoms with van der Waals surface area (Å²) in [7, 11) is 0. The molecule has 4 heteroatoms. The van der Waals surface area contributed by atoms with Crippen molar-refractivity contribution in [2.75, 3.05) is 0 Å². The van der Waals surface area contributed by atoms with Crippen molar-refractivity contribution in [2.24, 2.45) is 0 Å². The number of thiophene rings is 2. The summed E-state index contributed by atoms with van der Waals surface area (Å²) >= 11 is 3.56. The first-order valence-corrected chi connectivity index (χ1v) is 8.09. The molecule has 0 fully saturated rings. The monoisotopic (exact) mass is 288 g/mol. The summed E-state index contributed by atoms with van der Waals surface area (Å²) in [4.78, 5) is 5.91. The van der Waals surface area contributed by atoms with Gasteiger partial charge in [-0.15, -0.1) is 22.7 Å². The maximum absolute atomic E-state index is 4.50. The smallest absolute Gasteiger partial charge is 0.0809 e. The van der Waals surface area contributed by atoms with Crippen molar-refractivity contribution >= 4 is 32.9 Å². The van der Waals surface area contributed by atoms with Crippen LogP contribution in [-0.4, -0.2) is 4.98 Å². The number of hydrogen-bond donors (Lipinski definition) is 1. The minimum Gasteiger partial charge on any atom is -0.305 e. The highest BCUT2D eigenvalue weighted by Gasteiger charge is 2.08. The minimum atomic E-state index is 0.320. The lowest BCUT2D eigenvalue weighted by Gasteiger charge is -2.13. The summed E-state index contributed by atoms with van der Waals surface area (Å²) in [5.74, 6) is 0. The van der Waals surface area contributed by atoms with Crippen LogP contribution >= 0.6 is 22.7 Å². The molecular formula is C15H16N2S2. The molecule has 3 rings (SSSR count). The van der Waals surface area contributed by atoms with Crippen LogP contribution in [0.1, 0.15) is 29.0 Å². The number of pyridine rings is 1. The predicted molar refractivity (Wildman–Crippen MR) is 83.9 cm³/mol. The Kier molecular flexibility index (Phi) is 3.64. The molecule has 0 aliphatic carbocycles. The van der Waals surface area contributed by atoms with E-state index in [4.69, 9.17) is 0 Å². The summed E-state index contributed by atoms with van der Waals surface area (Å²) in [6.45, 7) is 5.28. The van der Waals surface area contributed by atoms with Crippen molar-refractivity contribution in [2.45, 2.75) is 26.4 Å². The quantitative estimate of drug-likeness (QED) is 0.763. The summed E-state index contributed by atoms with van der Waals surface area (Å²) in [5.41, 5.74) is 3.72. The molecule has 3 aromatic heterocycles. The fraction of sp³-hybridized carbons (Fsp3) is 0.267. The Hall–Kier alpha value is -1.23. The van der Waals surface area contributed by atoms with Crippen LogP contribution in [0.3, 0.4) is 0 Å². The van der Waals surface area contributed by atoms with Gasteiger partial charge in [-0.3, -0.25) is 4.98 Å². The molecular weight excluding hydrogens is 272 g/mol. The third kappa shape index (κ3) is 2.71. The zero-order valence-electron chi connectivity index (χ0n) is 11.0. The minimum absolute atomic E-state index is 0.320. The van der Waals surface area contributed by atoms with Crippen LogP contribution in [0.2, 0.25) is 0 Å². The van der Waals surface area contributed by atoms with Gasteiger partial charge in [0.2, 0.25) is 0 Å². The number of rotatable bonds is 4. The summed E-state index contributed by atoms with van der Waals surface area (Å²) < 4.78 is 1.26. The Balaban J connectivity index is 1.72.